The van der Waals surface area contributed by atoms with E-state index in [1.165, 1.54) is 4.57 Å². The minimum absolute atomic E-state index is 0.157. The van der Waals surface area contributed by atoms with Crippen molar-refractivity contribution in [2.45, 2.75) is 26.7 Å². The van der Waals surface area contributed by atoms with Crippen LogP contribution in [0, 0.1) is 6.92 Å². The summed E-state index contributed by atoms with van der Waals surface area (Å²) in [6, 6.07) is 14.0. The predicted molar refractivity (Wildman–Crippen MR) is 100 cm³/mol. The van der Waals surface area contributed by atoms with Gasteiger partial charge in [-0.15, -0.1) is 0 Å². The number of hydrogen-bond acceptors (Lipinski definition) is 3. The number of aromatic carboxylic acids is 1. The number of unbranched alkanes of at least 4 members (excludes halogenated alkanes) is 1. The first-order valence-corrected chi connectivity index (χ1v) is 8.65. The SMILES string of the molecule is CCCCOc1cccc(C(=O)n2c(C)c(C(=O)O)c3ccccc32)c1. The van der Waals surface area contributed by atoms with Gasteiger partial charge in [-0.3, -0.25) is 9.36 Å². The van der Waals surface area contributed by atoms with E-state index in [1.807, 2.05) is 6.07 Å². The highest BCUT2D eigenvalue weighted by molar-refractivity contribution is 6.11. The van der Waals surface area contributed by atoms with Crippen LogP contribution in [-0.4, -0.2) is 28.2 Å². The maximum Gasteiger partial charge on any atom is 0.338 e. The molecule has 0 atom stereocenters. The second-order valence-corrected chi connectivity index (χ2v) is 6.15. The van der Waals surface area contributed by atoms with Crippen LogP contribution >= 0.6 is 0 Å². The Morgan fingerprint density at radius 3 is 2.62 bits per heavy atom. The number of carboxylic acid groups (broad SMARTS) is 1. The highest BCUT2D eigenvalue weighted by Gasteiger charge is 2.23. The van der Waals surface area contributed by atoms with Crippen molar-refractivity contribution in [3.63, 3.8) is 0 Å². The lowest BCUT2D eigenvalue weighted by molar-refractivity contribution is 0.0698. The highest BCUT2D eigenvalue weighted by atomic mass is 16.5. The van der Waals surface area contributed by atoms with Crippen LogP contribution < -0.4 is 4.74 Å². The third-order valence-corrected chi connectivity index (χ3v) is 4.38. The van der Waals surface area contributed by atoms with Gasteiger partial charge >= 0.3 is 5.97 Å². The summed E-state index contributed by atoms with van der Waals surface area (Å²) in [5.74, 6) is -0.675. The normalized spacial score (nSPS) is 10.8. The van der Waals surface area contributed by atoms with Gasteiger partial charge in [0.25, 0.3) is 5.91 Å². The highest BCUT2D eigenvalue weighted by Crippen LogP contribution is 2.27. The Kier molecular flexibility index (Phi) is 5.07. The van der Waals surface area contributed by atoms with Gasteiger partial charge in [0.2, 0.25) is 0 Å². The van der Waals surface area contributed by atoms with Gasteiger partial charge in [0, 0.05) is 16.6 Å². The average molecular weight is 351 g/mol. The lowest BCUT2D eigenvalue weighted by atomic mass is 10.1. The molecule has 26 heavy (non-hydrogen) atoms. The number of benzene rings is 2. The first-order valence-electron chi connectivity index (χ1n) is 8.65. The Balaban J connectivity index is 2.05. The van der Waals surface area contributed by atoms with Crippen molar-refractivity contribution < 1.29 is 19.4 Å². The van der Waals surface area contributed by atoms with Crippen LogP contribution in [0.2, 0.25) is 0 Å². The molecule has 0 aliphatic carbocycles. The molecule has 2 aromatic carbocycles. The molecule has 0 saturated heterocycles. The van der Waals surface area contributed by atoms with Gasteiger partial charge in [-0.2, -0.15) is 0 Å². The quantitative estimate of drug-likeness (QED) is 0.663. The van der Waals surface area contributed by atoms with Crippen molar-refractivity contribution in [2.24, 2.45) is 0 Å². The molecule has 3 aromatic rings. The average Bonchev–Trinajstić information content (AvgIpc) is 2.93. The van der Waals surface area contributed by atoms with Crippen molar-refractivity contribution in [3.8, 4) is 5.75 Å². The molecule has 0 fully saturated rings. The van der Waals surface area contributed by atoms with Crippen molar-refractivity contribution in [1.82, 2.24) is 4.57 Å². The lowest BCUT2D eigenvalue weighted by Crippen LogP contribution is -2.14. The number of fused-ring (bicyclic) bond motifs is 1. The summed E-state index contributed by atoms with van der Waals surface area (Å²) in [7, 11) is 0. The van der Waals surface area contributed by atoms with Crippen LogP contribution in [0.1, 0.15) is 46.2 Å². The molecule has 0 radical (unpaired) electrons. The molecule has 0 aliphatic rings. The summed E-state index contributed by atoms with van der Waals surface area (Å²) in [6.45, 7) is 4.34. The molecule has 5 nitrogen and oxygen atoms in total. The second kappa shape index (κ2) is 7.44. The van der Waals surface area contributed by atoms with E-state index in [1.54, 1.807) is 49.4 Å². The van der Waals surface area contributed by atoms with Crippen LogP contribution in [0.15, 0.2) is 48.5 Å². The van der Waals surface area contributed by atoms with Gasteiger partial charge in [0.05, 0.1) is 17.7 Å². The van der Waals surface area contributed by atoms with Crippen LogP contribution in [0.4, 0.5) is 0 Å². The van der Waals surface area contributed by atoms with E-state index in [0.29, 0.717) is 34.5 Å². The number of para-hydroxylation sites is 1. The smallest absolute Gasteiger partial charge is 0.338 e. The van der Waals surface area contributed by atoms with Crippen molar-refractivity contribution in [2.75, 3.05) is 6.61 Å². The van der Waals surface area contributed by atoms with Crippen molar-refractivity contribution in [3.05, 3.63) is 65.4 Å². The van der Waals surface area contributed by atoms with Crippen LogP contribution in [-0.2, 0) is 0 Å². The van der Waals surface area contributed by atoms with Crippen LogP contribution in [0.5, 0.6) is 5.75 Å². The molecule has 134 valence electrons. The van der Waals surface area contributed by atoms with E-state index in [2.05, 4.69) is 6.92 Å². The molecule has 1 heterocycles. The van der Waals surface area contributed by atoms with E-state index in [4.69, 9.17) is 4.74 Å². The molecule has 0 spiro atoms. The number of carbonyl (C=O) groups excluding carboxylic acids is 1. The van der Waals surface area contributed by atoms with E-state index in [0.717, 1.165) is 12.8 Å². The first kappa shape index (κ1) is 17.7. The minimum atomic E-state index is -1.04. The Labute approximate surface area is 151 Å². The fraction of sp³-hybridized carbons (Fsp3) is 0.238. The third-order valence-electron chi connectivity index (χ3n) is 4.38. The fourth-order valence-corrected chi connectivity index (χ4v) is 3.08. The fourth-order valence-electron chi connectivity index (χ4n) is 3.08. The van der Waals surface area contributed by atoms with Crippen LogP contribution in [0.3, 0.4) is 0 Å². The zero-order valence-corrected chi connectivity index (χ0v) is 14.9. The summed E-state index contributed by atoms with van der Waals surface area (Å²) < 4.78 is 7.14. The summed E-state index contributed by atoms with van der Waals surface area (Å²) in [5.41, 5.74) is 1.62. The molecule has 3 rings (SSSR count). The number of nitrogens with zero attached hydrogens (tertiary/aromatic N) is 1. The van der Waals surface area contributed by atoms with Gasteiger partial charge in [0.15, 0.2) is 0 Å². The Hall–Kier alpha value is -3.08. The van der Waals surface area contributed by atoms with E-state index in [9.17, 15) is 14.7 Å². The van der Waals surface area contributed by atoms with Gasteiger partial charge in [-0.05, 0) is 37.6 Å². The van der Waals surface area contributed by atoms with E-state index < -0.39 is 5.97 Å². The zero-order valence-electron chi connectivity index (χ0n) is 14.9. The van der Waals surface area contributed by atoms with Crippen molar-refractivity contribution in [1.29, 1.82) is 0 Å². The second-order valence-electron chi connectivity index (χ2n) is 6.15. The zero-order chi connectivity index (χ0) is 18.7. The van der Waals surface area contributed by atoms with E-state index >= 15 is 0 Å². The molecule has 0 amide bonds. The number of ether oxygens (including phenoxy) is 1. The van der Waals surface area contributed by atoms with Gasteiger partial charge in [0.1, 0.15) is 5.75 Å². The maximum atomic E-state index is 13.1. The summed E-state index contributed by atoms with van der Waals surface area (Å²) >= 11 is 0. The molecular weight excluding hydrogens is 330 g/mol. The molecule has 1 aromatic heterocycles. The van der Waals surface area contributed by atoms with Gasteiger partial charge in [-0.25, -0.2) is 4.79 Å². The van der Waals surface area contributed by atoms with Crippen molar-refractivity contribution >= 4 is 22.8 Å². The van der Waals surface area contributed by atoms with Crippen LogP contribution in [0.25, 0.3) is 10.9 Å². The third kappa shape index (κ3) is 3.20. The summed E-state index contributed by atoms with van der Waals surface area (Å²) in [5, 5.41) is 10.1. The maximum absolute atomic E-state index is 13.1. The Morgan fingerprint density at radius 2 is 1.88 bits per heavy atom. The van der Waals surface area contributed by atoms with Gasteiger partial charge < -0.3 is 9.84 Å². The monoisotopic (exact) mass is 351 g/mol. The minimum Gasteiger partial charge on any atom is -0.494 e. The summed E-state index contributed by atoms with van der Waals surface area (Å²) in [6.07, 6.45) is 1.98. The topological polar surface area (TPSA) is 68.5 Å². The number of rotatable bonds is 6. The molecule has 0 bridgehead atoms. The molecule has 0 saturated carbocycles. The molecule has 0 unspecified atom stereocenters. The lowest BCUT2D eigenvalue weighted by Gasteiger charge is -2.10. The predicted octanol–water partition coefficient (Wildman–Crippen LogP) is 4.52. The number of aromatic nitrogens is 1. The number of carbonyl (C=O) groups is 2. The molecule has 0 aliphatic heterocycles. The standard InChI is InChI=1S/C21H21NO4/c1-3-4-12-26-16-9-7-8-15(13-16)20(23)22-14(2)19(21(24)25)17-10-5-6-11-18(17)22/h5-11,13H,3-4,12H2,1-2H3,(H,24,25). The molecule has 1 N–H and O–H groups in total. The first-order chi connectivity index (χ1) is 12.5. The Morgan fingerprint density at radius 1 is 1.12 bits per heavy atom. The summed E-state index contributed by atoms with van der Waals surface area (Å²) in [4.78, 5) is 24.8. The number of carboxylic acids is 1. The molecular formula is C21H21NO4. The largest absolute Gasteiger partial charge is 0.494 e. The molecule has 5 heteroatoms. The number of hydrogen-bond donors (Lipinski definition) is 1. The van der Waals surface area contributed by atoms with Gasteiger partial charge in [-0.1, -0.05) is 37.6 Å². The Bertz CT molecular complexity index is 971. The van der Waals surface area contributed by atoms with E-state index in [-0.39, 0.29) is 11.5 Å².